The van der Waals surface area contributed by atoms with E-state index >= 15 is 0 Å². The summed E-state index contributed by atoms with van der Waals surface area (Å²) < 4.78 is 0. The highest BCUT2D eigenvalue weighted by atomic mass is 16.3. The first-order chi connectivity index (χ1) is 11.7. The second-order valence-corrected chi connectivity index (χ2v) is 5.58. The summed E-state index contributed by atoms with van der Waals surface area (Å²) in [5.41, 5.74) is 4.56. The standard InChI is InChI=1S/C19H15N3O2/c1-2-20-22-19(24)15-9-11-7-8-13-12-5-3-4-6-16(12)21-18(13)14(11)10-17(15)23/h2-10,21,23H,1H3,(H,22,24)/b20-2+. The molecule has 0 fully saturated rings. The van der Waals surface area contributed by atoms with Gasteiger partial charge in [0.25, 0.3) is 5.91 Å². The first-order valence-electron chi connectivity index (χ1n) is 7.63. The summed E-state index contributed by atoms with van der Waals surface area (Å²) in [5, 5.41) is 18.0. The molecule has 3 aromatic carbocycles. The number of carbonyl (C=O) groups is 1. The van der Waals surface area contributed by atoms with E-state index in [1.807, 2.05) is 30.3 Å². The molecule has 5 nitrogen and oxygen atoms in total. The third kappa shape index (κ3) is 2.10. The fourth-order valence-electron chi connectivity index (χ4n) is 3.05. The molecular weight excluding hydrogens is 302 g/mol. The van der Waals surface area contributed by atoms with Gasteiger partial charge in [0.15, 0.2) is 0 Å². The number of phenolic OH excluding ortho intramolecular Hbond substituents is 1. The number of nitrogens with one attached hydrogen (secondary N) is 2. The maximum atomic E-state index is 12.1. The van der Waals surface area contributed by atoms with Crippen molar-refractivity contribution < 1.29 is 9.90 Å². The van der Waals surface area contributed by atoms with Crippen LogP contribution < -0.4 is 5.43 Å². The van der Waals surface area contributed by atoms with Gasteiger partial charge >= 0.3 is 0 Å². The molecule has 1 heterocycles. The monoisotopic (exact) mass is 317 g/mol. The quantitative estimate of drug-likeness (QED) is 0.387. The number of fused-ring (bicyclic) bond motifs is 5. The van der Waals surface area contributed by atoms with Crippen LogP contribution in [0.1, 0.15) is 17.3 Å². The van der Waals surface area contributed by atoms with Crippen molar-refractivity contribution in [3.63, 3.8) is 0 Å². The van der Waals surface area contributed by atoms with Crippen LogP contribution in [0.15, 0.2) is 53.6 Å². The second-order valence-electron chi connectivity index (χ2n) is 5.58. The van der Waals surface area contributed by atoms with Crippen molar-refractivity contribution in [1.82, 2.24) is 10.4 Å². The van der Waals surface area contributed by atoms with E-state index in [2.05, 4.69) is 21.6 Å². The topological polar surface area (TPSA) is 77.5 Å². The fraction of sp³-hybridized carbons (Fsp3) is 0.0526. The summed E-state index contributed by atoms with van der Waals surface area (Å²) in [6.07, 6.45) is 1.48. The number of H-pyrrole nitrogens is 1. The molecule has 0 aliphatic heterocycles. The minimum Gasteiger partial charge on any atom is -0.507 e. The van der Waals surface area contributed by atoms with Gasteiger partial charge in [-0.15, -0.1) is 0 Å². The lowest BCUT2D eigenvalue weighted by Crippen LogP contribution is -2.17. The predicted octanol–water partition coefficient (Wildman–Crippen LogP) is 3.92. The maximum Gasteiger partial charge on any atom is 0.275 e. The lowest BCUT2D eigenvalue weighted by atomic mass is 10.0. The highest BCUT2D eigenvalue weighted by molar-refractivity contribution is 6.18. The molecule has 0 saturated carbocycles. The van der Waals surface area contributed by atoms with Gasteiger partial charge in [-0.2, -0.15) is 5.10 Å². The Bertz CT molecular complexity index is 1130. The highest BCUT2D eigenvalue weighted by Gasteiger charge is 2.14. The van der Waals surface area contributed by atoms with Crippen LogP contribution in [0.4, 0.5) is 0 Å². The molecule has 5 heteroatoms. The number of benzene rings is 3. The number of hydrazone groups is 1. The molecule has 1 amide bonds. The molecule has 118 valence electrons. The summed E-state index contributed by atoms with van der Waals surface area (Å²) in [6.45, 7) is 1.70. The lowest BCUT2D eigenvalue weighted by Gasteiger charge is -2.07. The van der Waals surface area contributed by atoms with E-state index in [1.165, 1.54) is 6.21 Å². The molecule has 4 aromatic rings. The number of carbonyl (C=O) groups excluding carboxylic acids is 1. The fourth-order valence-corrected chi connectivity index (χ4v) is 3.05. The number of aromatic amines is 1. The number of para-hydroxylation sites is 1. The minimum atomic E-state index is -0.441. The van der Waals surface area contributed by atoms with Crippen molar-refractivity contribution in [2.75, 3.05) is 0 Å². The van der Waals surface area contributed by atoms with E-state index in [4.69, 9.17) is 0 Å². The molecule has 0 aliphatic carbocycles. The normalized spacial score (nSPS) is 11.7. The van der Waals surface area contributed by atoms with Crippen molar-refractivity contribution in [2.45, 2.75) is 6.92 Å². The Kier molecular flexibility index (Phi) is 3.20. The first kappa shape index (κ1) is 14.3. The van der Waals surface area contributed by atoms with Gasteiger partial charge in [-0.05, 0) is 30.5 Å². The molecule has 24 heavy (non-hydrogen) atoms. The number of amides is 1. The zero-order valence-electron chi connectivity index (χ0n) is 13.0. The molecule has 0 atom stereocenters. The van der Waals surface area contributed by atoms with Crippen LogP contribution in [0.2, 0.25) is 0 Å². The van der Waals surface area contributed by atoms with Crippen LogP contribution in [0.25, 0.3) is 32.6 Å². The van der Waals surface area contributed by atoms with Crippen molar-refractivity contribution in [2.24, 2.45) is 5.10 Å². The highest BCUT2D eigenvalue weighted by Crippen LogP contribution is 2.34. The molecule has 0 unspecified atom stereocenters. The Labute approximate surface area is 137 Å². The van der Waals surface area contributed by atoms with E-state index in [9.17, 15) is 9.90 Å². The van der Waals surface area contributed by atoms with Gasteiger partial charge < -0.3 is 10.1 Å². The van der Waals surface area contributed by atoms with Gasteiger partial charge in [-0.25, -0.2) is 5.43 Å². The smallest absolute Gasteiger partial charge is 0.275 e. The second kappa shape index (κ2) is 5.38. The molecule has 0 bridgehead atoms. The van der Waals surface area contributed by atoms with E-state index < -0.39 is 5.91 Å². The average Bonchev–Trinajstić information content (AvgIpc) is 2.98. The van der Waals surface area contributed by atoms with Gasteiger partial charge in [0.1, 0.15) is 5.75 Å². The number of rotatable bonds is 2. The number of aromatic hydroxyl groups is 1. The van der Waals surface area contributed by atoms with Crippen LogP contribution in [0.5, 0.6) is 5.75 Å². The molecule has 0 spiro atoms. The van der Waals surface area contributed by atoms with Gasteiger partial charge in [0.05, 0.1) is 11.1 Å². The Hall–Kier alpha value is -3.34. The zero-order valence-corrected chi connectivity index (χ0v) is 13.0. The van der Waals surface area contributed by atoms with Crippen molar-refractivity contribution in [1.29, 1.82) is 0 Å². The summed E-state index contributed by atoms with van der Waals surface area (Å²) in [5.74, 6) is -0.512. The number of nitrogens with zero attached hydrogens (tertiary/aromatic N) is 1. The maximum absolute atomic E-state index is 12.1. The molecule has 0 radical (unpaired) electrons. The Balaban J connectivity index is 1.97. The minimum absolute atomic E-state index is 0.0718. The van der Waals surface area contributed by atoms with Crippen molar-refractivity contribution in [3.8, 4) is 5.75 Å². The van der Waals surface area contributed by atoms with Crippen LogP contribution in [0.3, 0.4) is 0 Å². The Morgan fingerprint density at radius 1 is 1.12 bits per heavy atom. The molecular formula is C19H15N3O2. The Morgan fingerprint density at radius 2 is 1.96 bits per heavy atom. The first-order valence-corrected chi connectivity index (χ1v) is 7.63. The van der Waals surface area contributed by atoms with E-state index in [0.717, 1.165) is 32.6 Å². The number of hydrogen-bond donors (Lipinski definition) is 3. The van der Waals surface area contributed by atoms with Crippen LogP contribution in [-0.2, 0) is 0 Å². The molecule has 4 rings (SSSR count). The van der Waals surface area contributed by atoms with E-state index in [0.29, 0.717) is 0 Å². The van der Waals surface area contributed by atoms with Crippen molar-refractivity contribution >= 4 is 44.7 Å². The van der Waals surface area contributed by atoms with Crippen LogP contribution in [0, 0.1) is 0 Å². The lowest BCUT2D eigenvalue weighted by molar-refractivity contribution is 0.0952. The predicted molar refractivity (Wildman–Crippen MR) is 96.6 cm³/mol. The molecule has 0 aliphatic rings. The summed E-state index contributed by atoms with van der Waals surface area (Å²) in [6, 6.07) is 15.3. The van der Waals surface area contributed by atoms with Crippen LogP contribution in [-0.4, -0.2) is 22.2 Å². The summed E-state index contributed by atoms with van der Waals surface area (Å²) in [7, 11) is 0. The third-order valence-electron chi connectivity index (χ3n) is 4.15. The van der Waals surface area contributed by atoms with E-state index in [1.54, 1.807) is 19.1 Å². The SMILES string of the molecule is C/C=N/NC(=O)c1cc2ccc3c4ccccc4[nH]c3c2cc1O. The number of phenols is 1. The van der Waals surface area contributed by atoms with Crippen molar-refractivity contribution in [3.05, 3.63) is 54.1 Å². The third-order valence-corrected chi connectivity index (χ3v) is 4.15. The summed E-state index contributed by atoms with van der Waals surface area (Å²) in [4.78, 5) is 15.5. The molecule has 3 N–H and O–H groups in total. The number of aromatic nitrogens is 1. The van der Waals surface area contributed by atoms with E-state index in [-0.39, 0.29) is 11.3 Å². The zero-order chi connectivity index (χ0) is 16.7. The van der Waals surface area contributed by atoms with Gasteiger partial charge in [0, 0.05) is 27.9 Å². The average molecular weight is 317 g/mol. The molecule has 0 saturated heterocycles. The number of hydrogen-bond acceptors (Lipinski definition) is 3. The largest absolute Gasteiger partial charge is 0.507 e. The van der Waals surface area contributed by atoms with Gasteiger partial charge in [-0.1, -0.05) is 30.3 Å². The Morgan fingerprint density at radius 3 is 2.79 bits per heavy atom. The van der Waals surface area contributed by atoms with Gasteiger partial charge in [-0.3, -0.25) is 4.79 Å². The van der Waals surface area contributed by atoms with Gasteiger partial charge in [0.2, 0.25) is 0 Å². The van der Waals surface area contributed by atoms with Crippen LogP contribution >= 0.6 is 0 Å². The molecule has 1 aromatic heterocycles. The summed E-state index contributed by atoms with van der Waals surface area (Å²) >= 11 is 0.